The smallest absolute Gasteiger partial charge is 0.306 e. The standard InChI is InChI=1S/C46H88O6/c1-7-42(6)34-28-22-15-12-13-17-24-30-36-45(48)51-39-43(52-46(49)37-31-25-19-18-21-27-33-41(4)5)38-50-44(47)35-29-23-16-11-9-8-10-14-20-26-32-40(2)3/h40-43H,7-39H2,1-6H3/t42?,43-/m1/s1. The van der Waals surface area contributed by atoms with E-state index in [-0.39, 0.29) is 31.1 Å². The second-order valence-electron chi connectivity index (χ2n) is 16.9. The molecule has 0 N–H and O–H groups in total. The third kappa shape index (κ3) is 38.1. The van der Waals surface area contributed by atoms with E-state index in [2.05, 4.69) is 41.5 Å². The number of unbranched alkanes of at least 4 members (excludes halogenated alkanes) is 21. The first kappa shape index (κ1) is 50.4. The van der Waals surface area contributed by atoms with E-state index in [0.29, 0.717) is 19.3 Å². The predicted molar refractivity (Wildman–Crippen MR) is 219 cm³/mol. The van der Waals surface area contributed by atoms with Gasteiger partial charge < -0.3 is 14.2 Å². The van der Waals surface area contributed by atoms with Crippen molar-refractivity contribution < 1.29 is 28.6 Å². The van der Waals surface area contributed by atoms with E-state index < -0.39 is 6.10 Å². The van der Waals surface area contributed by atoms with Gasteiger partial charge in [-0.2, -0.15) is 0 Å². The second kappa shape index (κ2) is 37.7. The first-order chi connectivity index (χ1) is 25.1. The molecule has 0 amide bonds. The fourth-order valence-corrected chi connectivity index (χ4v) is 6.67. The van der Waals surface area contributed by atoms with Crippen LogP contribution in [-0.2, 0) is 28.6 Å². The lowest BCUT2D eigenvalue weighted by Gasteiger charge is -2.18. The average molecular weight is 737 g/mol. The number of hydrogen-bond acceptors (Lipinski definition) is 6. The molecule has 0 aromatic rings. The Hall–Kier alpha value is -1.59. The normalized spacial score (nSPS) is 12.7. The molecule has 52 heavy (non-hydrogen) atoms. The molecule has 0 aromatic carbocycles. The van der Waals surface area contributed by atoms with Crippen LogP contribution in [0.15, 0.2) is 0 Å². The molecule has 308 valence electrons. The van der Waals surface area contributed by atoms with Crippen LogP contribution in [0.25, 0.3) is 0 Å². The molecular formula is C46H88O6. The van der Waals surface area contributed by atoms with Gasteiger partial charge in [0.1, 0.15) is 13.2 Å². The zero-order chi connectivity index (χ0) is 38.5. The summed E-state index contributed by atoms with van der Waals surface area (Å²) < 4.78 is 16.7. The van der Waals surface area contributed by atoms with Crippen LogP contribution in [0.3, 0.4) is 0 Å². The summed E-state index contributed by atoms with van der Waals surface area (Å²) in [6.45, 7) is 13.6. The lowest BCUT2D eigenvalue weighted by molar-refractivity contribution is -0.167. The van der Waals surface area contributed by atoms with Gasteiger partial charge in [-0.3, -0.25) is 14.4 Å². The molecule has 0 aliphatic heterocycles. The van der Waals surface area contributed by atoms with Crippen molar-refractivity contribution >= 4 is 17.9 Å². The van der Waals surface area contributed by atoms with Crippen LogP contribution in [0.4, 0.5) is 0 Å². The van der Waals surface area contributed by atoms with Crippen LogP contribution in [0, 0.1) is 17.8 Å². The molecule has 1 unspecified atom stereocenters. The molecule has 0 radical (unpaired) electrons. The second-order valence-corrected chi connectivity index (χ2v) is 16.9. The highest BCUT2D eigenvalue weighted by Gasteiger charge is 2.19. The van der Waals surface area contributed by atoms with Gasteiger partial charge in [0.15, 0.2) is 6.10 Å². The van der Waals surface area contributed by atoms with Crippen molar-refractivity contribution in [2.24, 2.45) is 17.8 Å². The van der Waals surface area contributed by atoms with Crippen LogP contribution >= 0.6 is 0 Å². The monoisotopic (exact) mass is 737 g/mol. The van der Waals surface area contributed by atoms with Crippen LogP contribution in [0.1, 0.15) is 241 Å². The summed E-state index contributed by atoms with van der Waals surface area (Å²) in [5, 5.41) is 0. The Labute approximate surface area is 323 Å². The Kier molecular flexibility index (Phi) is 36.6. The van der Waals surface area contributed by atoms with E-state index >= 15 is 0 Å². The summed E-state index contributed by atoms with van der Waals surface area (Å²) in [5.41, 5.74) is 0. The fourth-order valence-electron chi connectivity index (χ4n) is 6.67. The van der Waals surface area contributed by atoms with Crippen LogP contribution < -0.4 is 0 Å². The highest BCUT2D eigenvalue weighted by molar-refractivity contribution is 5.71. The third-order valence-electron chi connectivity index (χ3n) is 10.5. The Bertz CT molecular complexity index is 809. The van der Waals surface area contributed by atoms with Crippen LogP contribution in [-0.4, -0.2) is 37.2 Å². The SMILES string of the molecule is CCC(C)CCCCCCCCCCC(=O)OC[C@@H](COC(=O)CCCCCCCCCCCCC(C)C)OC(=O)CCCCCCCCC(C)C. The first-order valence-corrected chi connectivity index (χ1v) is 22.6. The summed E-state index contributed by atoms with van der Waals surface area (Å²) >= 11 is 0. The third-order valence-corrected chi connectivity index (χ3v) is 10.5. The number of rotatable bonds is 39. The van der Waals surface area contributed by atoms with Crippen LogP contribution in [0.2, 0.25) is 0 Å². The maximum Gasteiger partial charge on any atom is 0.306 e. The Morgan fingerprint density at radius 1 is 0.385 bits per heavy atom. The topological polar surface area (TPSA) is 78.9 Å². The maximum absolute atomic E-state index is 12.7. The average Bonchev–Trinajstić information content (AvgIpc) is 3.11. The van der Waals surface area contributed by atoms with Gasteiger partial charge in [0.05, 0.1) is 0 Å². The van der Waals surface area contributed by atoms with Gasteiger partial charge in [-0.25, -0.2) is 0 Å². The van der Waals surface area contributed by atoms with Crippen molar-refractivity contribution in [1.82, 2.24) is 0 Å². The van der Waals surface area contributed by atoms with E-state index in [9.17, 15) is 14.4 Å². The predicted octanol–water partition coefficient (Wildman–Crippen LogP) is 14.0. The first-order valence-electron chi connectivity index (χ1n) is 22.6. The molecule has 0 aromatic heterocycles. The van der Waals surface area contributed by atoms with Gasteiger partial charge in [0, 0.05) is 19.3 Å². The van der Waals surface area contributed by atoms with Gasteiger partial charge in [-0.05, 0) is 37.0 Å². The summed E-state index contributed by atoms with van der Waals surface area (Å²) in [5.74, 6) is 1.56. The van der Waals surface area contributed by atoms with Gasteiger partial charge in [0.2, 0.25) is 0 Å². The summed E-state index contributed by atoms with van der Waals surface area (Å²) in [6.07, 6.45) is 33.8. The maximum atomic E-state index is 12.7. The zero-order valence-corrected chi connectivity index (χ0v) is 35.6. The Balaban J connectivity index is 4.33. The van der Waals surface area contributed by atoms with E-state index in [1.165, 1.54) is 122 Å². The van der Waals surface area contributed by atoms with Crippen molar-refractivity contribution in [3.05, 3.63) is 0 Å². The van der Waals surface area contributed by atoms with Gasteiger partial charge in [-0.15, -0.1) is 0 Å². The largest absolute Gasteiger partial charge is 0.462 e. The Morgan fingerprint density at radius 2 is 0.673 bits per heavy atom. The molecule has 0 aliphatic carbocycles. The minimum Gasteiger partial charge on any atom is -0.462 e. The molecule has 0 aliphatic rings. The molecule has 0 fully saturated rings. The minimum absolute atomic E-state index is 0.0672. The summed E-state index contributed by atoms with van der Waals surface area (Å²) in [4.78, 5) is 37.7. The molecule has 0 spiro atoms. The lowest BCUT2D eigenvalue weighted by atomic mass is 9.99. The fraction of sp³-hybridized carbons (Fsp3) is 0.935. The quantitative estimate of drug-likeness (QED) is 0.0355. The van der Waals surface area contributed by atoms with E-state index in [1.807, 2.05) is 0 Å². The van der Waals surface area contributed by atoms with Gasteiger partial charge in [-0.1, -0.05) is 202 Å². The number of hydrogen-bond donors (Lipinski definition) is 0. The molecule has 0 saturated heterocycles. The lowest BCUT2D eigenvalue weighted by Crippen LogP contribution is -2.30. The summed E-state index contributed by atoms with van der Waals surface area (Å²) in [6, 6.07) is 0. The van der Waals surface area contributed by atoms with Gasteiger partial charge in [0.25, 0.3) is 0 Å². The Morgan fingerprint density at radius 3 is 1.00 bits per heavy atom. The van der Waals surface area contributed by atoms with Crippen molar-refractivity contribution in [1.29, 1.82) is 0 Å². The van der Waals surface area contributed by atoms with E-state index in [1.54, 1.807) is 0 Å². The number of esters is 3. The van der Waals surface area contributed by atoms with Crippen molar-refractivity contribution in [2.75, 3.05) is 13.2 Å². The van der Waals surface area contributed by atoms with Gasteiger partial charge >= 0.3 is 17.9 Å². The molecule has 0 rings (SSSR count). The summed E-state index contributed by atoms with van der Waals surface area (Å²) in [7, 11) is 0. The van der Waals surface area contributed by atoms with Crippen molar-refractivity contribution in [2.45, 2.75) is 247 Å². The van der Waals surface area contributed by atoms with Crippen LogP contribution in [0.5, 0.6) is 0 Å². The van der Waals surface area contributed by atoms with E-state index in [0.717, 1.165) is 75.5 Å². The molecule has 2 atom stereocenters. The highest BCUT2D eigenvalue weighted by atomic mass is 16.6. The highest BCUT2D eigenvalue weighted by Crippen LogP contribution is 2.17. The molecular weight excluding hydrogens is 648 g/mol. The van der Waals surface area contributed by atoms with Crippen molar-refractivity contribution in [3.8, 4) is 0 Å². The molecule has 0 bridgehead atoms. The molecule has 6 heteroatoms. The van der Waals surface area contributed by atoms with Crippen molar-refractivity contribution in [3.63, 3.8) is 0 Å². The molecule has 6 nitrogen and oxygen atoms in total. The number of carbonyl (C=O) groups excluding carboxylic acids is 3. The minimum atomic E-state index is -0.762. The number of carbonyl (C=O) groups is 3. The van der Waals surface area contributed by atoms with E-state index in [4.69, 9.17) is 14.2 Å². The number of ether oxygens (including phenoxy) is 3. The molecule has 0 heterocycles. The molecule has 0 saturated carbocycles. The zero-order valence-electron chi connectivity index (χ0n) is 35.6.